The van der Waals surface area contributed by atoms with E-state index in [4.69, 9.17) is 18.7 Å². The zero-order chi connectivity index (χ0) is 36.8. The Morgan fingerprint density at radius 3 is 2.17 bits per heavy atom. The quantitative estimate of drug-likeness (QED) is 0.131. The lowest BCUT2D eigenvalue weighted by Gasteiger charge is -2.49. The summed E-state index contributed by atoms with van der Waals surface area (Å²) in [6.07, 6.45) is 4.47. The Kier molecular flexibility index (Phi) is 7.45. The number of carbonyl (C=O) groups excluding carboxylic acids is 3. The van der Waals surface area contributed by atoms with Crippen molar-refractivity contribution in [2.24, 2.45) is 17.3 Å². The van der Waals surface area contributed by atoms with Gasteiger partial charge in [-0.3, -0.25) is 14.4 Å². The van der Waals surface area contributed by atoms with Crippen molar-refractivity contribution in [3.63, 3.8) is 0 Å². The van der Waals surface area contributed by atoms with Crippen molar-refractivity contribution in [1.82, 2.24) is 5.16 Å². The molecule has 4 aromatic carbocycles. The van der Waals surface area contributed by atoms with E-state index in [0.717, 1.165) is 35.1 Å². The molecule has 9 heteroatoms. The van der Waals surface area contributed by atoms with Crippen molar-refractivity contribution >= 4 is 28.1 Å². The van der Waals surface area contributed by atoms with E-state index in [0.29, 0.717) is 34.3 Å². The van der Waals surface area contributed by atoms with Gasteiger partial charge in [0, 0.05) is 40.3 Å². The zero-order valence-electron chi connectivity index (χ0n) is 30.1. The minimum Gasteiger partial charge on any atom is -0.506 e. The number of benzene rings is 4. The molecule has 4 aliphatic carbocycles. The number of phenols is 1. The molecule has 0 aliphatic heterocycles. The molecule has 0 fully saturated rings. The van der Waals surface area contributed by atoms with Gasteiger partial charge in [-0.05, 0) is 53.4 Å². The standard InChI is InChI=1S/C44H39NO8/c1-23-12-11-17-43(2,3)44(23)20-27-31-34(28(19-30(50-4)37(31)44)51-21-24-13-7-5-8-14-24)41(49)36-32(27)38(46)26-18-29-35(39(47)33(26)40(36)48)42(45-53-29)52-22-25-15-9-6-10-16-25/h5-10,12-16,19,26,33,49H,11,17-18,20-22H2,1-4H3/t26?,33?,44-/m0/s1. The van der Waals surface area contributed by atoms with Crippen LogP contribution in [0.3, 0.4) is 0 Å². The fraction of sp³-hybridized carbons (Fsp3) is 0.318. The van der Waals surface area contributed by atoms with Crippen LogP contribution < -0.4 is 14.2 Å². The molecule has 9 nitrogen and oxygen atoms in total. The lowest BCUT2D eigenvalue weighted by molar-refractivity contribution is 0.0631. The summed E-state index contributed by atoms with van der Waals surface area (Å²) in [4.78, 5) is 44.1. The van der Waals surface area contributed by atoms with Crippen LogP contribution >= 0.6 is 0 Å². The first-order valence-corrected chi connectivity index (χ1v) is 18.1. The number of allylic oxidation sites excluding steroid dienone is 2. The summed E-state index contributed by atoms with van der Waals surface area (Å²) in [5.41, 5.74) is 3.71. The molecule has 5 aromatic rings. The summed E-state index contributed by atoms with van der Waals surface area (Å²) in [7, 11) is 1.62. The van der Waals surface area contributed by atoms with Crippen LogP contribution in [0.4, 0.5) is 0 Å². The molecule has 0 saturated carbocycles. The van der Waals surface area contributed by atoms with E-state index >= 15 is 0 Å². The van der Waals surface area contributed by atoms with Crippen LogP contribution in [0.5, 0.6) is 23.1 Å². The fourth-order valence-corrected chi connectivity index (χ4v) is 9.71. The molecule has 9 rings (SSSR count). The van der Waals surface area contributed by atoms with Gasteiger partial charge in [-0.1, -0.05) is 86.2 Å². The van der Waals surface area contributed by atoms with Gasteiger partial charge >= 0.3 is 0 Å². The number of Topliss-reactive ketones (excluding diaryl/α,β-unsaturated/α-hetero) is 3. The number of nitrogens with zero attached hydrogens (tertiary/aromatic N) is 1. The molecule has 268 valence electrons. The number of hydrogen-bond donors (Lipinski definition) is 1. The monoisotopic (exact) mass is 709 g/mol. The van der Waals surface area contributed by atoms with E-state index in [-0.39, 0.29) is 64.9 Å². The maximum absolute atomic E-state index is 14.9. The van der Waals surface area contributed by atoms with Crippen molar-refractivity contribution in [3.8, 4) is 23.1 Å². The molecule has 0 amide bonds. The largest absolute Gasteiger partial charge is 0.506 e. The van der Waals surface area contributed by atoms with Crippen molar-refractivity contribution in [2.45, 2.75) is 65.1 Å². The van der Waals surface area contributed by atoms with Crippen LogP contribution in [0.1, 0.15) is 92.7 Å². The molecular formula is C44H39NO8. The fourth-order valence-electron chi connectivity index (χ4n) is 9.71. The molecule has 1 N–H and O–H groups in total. The summed E-state index contributed by atoms with van der Waals surface area (Å²) in [5.74, 6) is -3.20. The predicted octanol–water partition coefficient (Wildman–Crippen LogP) is 8.31. The third-order valence-electron chi connectivity index (χ3n) is 12.4. The van der Waals surface area contributed by atoms with E-state index in [2.05, 4.69) is 32.0 Å². The van der Waals surface area contributed by atoms with E-state index < -0.39 is 28.8 Å². The minimum absolute atomic E-state index is 0.00165. The van der Waals surface area contributed by atoms with Crippen molar-refractivity contribution < 1.29 is 38.2 Å². The van der Waals surface area contributed by atoms with Crippen LogP contribution in [0.25, 0.3) is 10.8 Å². The van der Waals surface area contributed by atoms with E-state index in [9.17, 15) is 19.5 Å². The first kappa shape index (κ1) is 33.2. The number of phenolic OH excluding ortho intramolecular Hbond substituents is 1. The lowest BCUT2D eigenvalue weighted by atomic mass is 9.54. The van der Waals surface area contributed by atoms with Gasteiger partial charge in [0.2, 0.25) is 0 Å². The number of aromatic hydroxyl groups is 1. The number of fused-ring (bicyclic) bond motifs is 5. The average molecular weight is 710 g/mol. The number of methoxy groups -OCH3 is 1. The molecule has 3 atom stereocenters. The van der Waals surface area contributed by atoms with Gasteiger partial charge < -0.3 is 23.8 Å². The van der Waals surface area contributed by atoms with Gasteiger partial charge in [0.1, 0.15) is 36.0 Å². The van der Waals surface area contributed by atoms with Gasteiger partial charge in [-0.2, -0.15) is 0 Å². The topological polar surface area (TPSA) is 125 Å². The molecular weight excluding hydrogens is 670 g/mol. The first-order chi connectivity index (χ1) is 25.6. The highest BCUT2D eigenvalue weighted by molar-refractivity contribution is 6.30. The molecule has 53 heavy (non-hydrogen) atoms. The Labute approximate surface area is 306 Å². The molecule has 1 aromatic heterocycles. The van der Waals surface area contributed by atoms with Gasteiger partial charge in [-0.25, -0.2) is 0 Å². The molecule has 0 saturated heterocycles. The number of carbonyl (C=O) groups is 3. The maximum Gasteiger partial charge on any atom is 0.265 e. The number of ketones is 3. The Balaban J connectivity index is 1.23. The van der Waals surface area contributed by atoms with Crippen molar-refractivity contribution in [2.75, 3.05) is 7.11 Å². The first-order valence-electron chi connectivity index (χ1n) is 18.1. The Hall–Kier alpha value is -5.70. The number of aromatic nitrogens is 1. The van der Waals surface area contributed by atoms with E-state index in [1.54, 1.807) is 13.2 Å². The van der Waals surface area contributed by atoms with Crippen molar-refractivity contribution in [1.29, 1.82) is 0 Å². The van der Waals surface area contributed by atoms with Crippen LogP contribution in [-0.4, -0.2) is 34.7 Å². The second-order valence-electron chi connectivity index (χ2n) is 15.4. The summed E-state index contributed by atoms with van der Waals surface area (Å²) < 4.78 is 24.2. The molecule has 0 bridgehead atoms. The Morgan fingerprint density at radius 2 is 1.51 bits per heavy atom. The van der Waals surface area contributed by atoms with E-state index in [1.165, 1.54) is 0 Å². The number of hydrogen-bond acceptors (Lipinski definition) is 9. The van der Waals surface area contributed by atoms with Crippen LogP contribution in [-0.2, 0) is 31.5 Å². The number of ether oxygens (including phenoxy) is 3. The number of rotatable bonds is 7. The summed E-state index contributed by atoms with van der Waals surface area (Å²) in [6, 6.07) is 20.9. The average Bonchev–Trinajstić information content (AvgIpc) is 3.74. The molecule has 0 radical (unpaired) electrons. The van der Waals surface area contributed by atoms with Gasteiger partial charge in [0.15, 0.2) is 23.1 Å². The van der Waals surface area contributed by atoms with Crippen LogP contribution in [0.2, 0.25) is 0 Å². The van der Waals surface area contributed by atoms with Crippen LogP contribution in [0, 0.1) is 17.3 Å². The SMILES string of the molecule is COc1cc(OCc2ccccc2)c2c(O)c3c(c4c2c1[C@]1(C4)C(C)=CCCC1(C)C)C(=O)C1Cc2onc(OCc4ccccc4)c2C(=O)C1C3=O. The van der Waals surface area contributed by atoms with Gasteiger partial charge in [-0.15, -0.1) is 0 Å². The highest BCUT2D eigenvalue weighted by Gasteiger charge is 2.59. The summed E-state index contributed by atoms with van der Waals surface area (Å²) in [5, 5.41) is 17.5. The second kappa shape index (κ2) is 11.9. The highest BCUT2D eigenvalue weighted by Crippen LogP contribution is 2.65. The molecule has 1 heterocycles. The van der Waals surface area contributed by atoms with E-state index in [1.807, 2.05) is 60.7 Å². The predicted molar refractivity (Wildman–Crippen MR) is 196 cm³/mol. The molecule has 2 unspecified atom stereocenters. The van der Waals surface area contributed by atoms with Crippen LogP contribution in [0.15, 0.2) is 82.9 Å². The third-order valence-corrected chi connectivity index (χ3v) is 12.4. The molecule has 4 aliphatic rings. The summed E-state index contributed by atoms with van der Waals surface area (Å²) >= 11 is 0. The smallest absolute Gasteiger partial charge is 0.265 e. The van der Waals surface area contributed by atoms with Gasteiger partial charge in [0.05, 0.1) is 24.0 Å². The summed E-state index contributed by atoms with van der Waals surface area (Å²) in [6.45, 7) is 6.92. The Bertz CT molecular complexity index is 2410. The third kappa shape index (κ3) is 4.62. The lowest BCUT2D eigenvalue weighted by Crippen LogP contribution is -2.46. The highest BCUT2D eigenvalue weighted by atomic mass is 16.5. The maximum atomic E-state index is 14.9. The van der Waals surface area contributed by atoms with Crippen molar-refractivity contribution in [3.05, 3.63) is 123 Å². The molecule has 1 spiro atoms. The van der Waals surface area contributed by atoms with Gasteiger partial charge in [0.25, 0.3) is 5.88 Å². The second-order valence-corrected chi connectivity index (χ2v) is 15.4. The zero-order valence-corrected chi connectivity index (χ0v) is 30.1. The Morgan fingerprint density at radius 1 is 0.849 bits per heavy atom. The normalized spacial score (nSPS) is 22.3. The minimum atomic E-state index is -1.37.